The minimum atomic E-state index is 0.865. The van der Waals surface area contributed by atoms with Gasteiger partial charge < -0.3 is 4.74 Å². The Kier molecular flexibility index (Phi) is 1.67. The van der Waals surface area contributed by atoms with Crippen LogP contribution in [0.15, 0.2) is 46.7 Å². The molecular formula is C10H6N2OS. The fourth-order valence-corrected chi connectivity index (χ4v) is 2.18. The van der Waals surface area contributed by atoms with Crippen molar-refractivity contribution in [2.45, 2.75) is 9.79 Å². The van der Waals surface area contributed by atoms with Gasteiger partial charge in [-0.2, -0.15) is 0 Å². The number of rotatable bonds is 0. The van der Waals surface area contributed by atoms with Gasteiger partial charge in [0.1, 0.15) is 11.5 Å². The van der Waals surface area contributed by atoms with Crippen LogP contribution in [0.2, 0.25) is 0 Å². The largest absolute Gasteiger partial charge is 0.455 e. The number of hydrogen-bond donors (Lipinski definition) is 0. The van der Waals surface area contributed by atoms with Crippen molar-refractivity contribution in [1.29, 1.82) is 0 Å². The molecule has 0 saturated carbocycles. The van der Waals surface area contributed by atoms with Crippen LogP contribution in [0.4, 0.5) is 0 Å². The van der Waals surface area contributed by atoms with Crippen molar-refractivity contribution in [3.8, 4) is 11.5 Å². The van der Waals surface area contributed by atoms with Crippen molar-refractivity contribution in [3.05, 3.63) is 36.9 Å². The molecule has 14 heavy (non-hydrogen) atoms. The predicted octanol–water partition coefficient (Wildman–Crippen LogP) is 2.73. The van der Waals surface area contributed by atoms with E-state index in [0.717, 1.165) is 21.3 Å². The number of nitrogens with zero attached hydrogens (tertiary/aromatic N) is 2. The molecule has 68 valence electrons. The third kappa shape index (κ3) is 1.15. The minimum absolute atomic E-state index is 0.865. The molecule has 3 rings (SSSR count). The highest BCUT2D eigenvalue weighted by molar-refractivity contribution is 7.99. The Bertz CT molecular complexity index is 400. The minimum Gasteiger partial charge on any atom is -0.455 e. The number of ether oxygens (including phenoxy) is 1. The first kappa shape index (κ1) is 7.82. The van der Waals surface area contributed by atoms with Crippen molar-refractivity contribution < 1.29 is 4.74 Å². The Labute approximate surface area is 85.2 Å². The maximum Gasteiger partial charge on any atom is 0.144 e. The lowest BCUT2D eigenvalue weighted by molar-refractivity contribution is 0.452. The average Bonchev–Trinajstić information content (AvgIpc) is 2.26. The molecule has 4 heteroatoms. The van der Waals surface area contributed by atoms with E-state index in [1.165, 1.54) is 0 Å². The van der Waals surface area contributed by atoms with Crippen LogP contribution in [-0.2, 0) is 0 Å². The van der Waals surface area contributed by atoms with Gasteiger partial charge in [-0.05, 0) is 0 Å². The molecule has 1 aliphatic heterocycles. The van der Waals surface area contributed by atoms with Crippen LogP contribution in [0.25, 0.3) is 0 Å². The van der Waals surface area contributed by atoms with Crippen molar-refractivity contribution >= 4 is 11.8 Å². The third-order valence-electron chi connectivity index (χ3n) is 1.93. The zero-order valence-electron chi connectivity index (χ0n) is 7.18. The predicted molar refractivity (Wildman–Crippen MR) is 52.7 cm³/mol. The molecule has 2 aromatic rings. The Balaban J connectivity index is 2.12. The molecule has 0 aliphatic carbocycles. The van der Waals surface area contributed by atoms with Gasteiger partial charge in [-0.3, -0.25) is 9.97 Å². The van der Waals surface area contributed by atoms with E-state index in [9.17, 15) is 0 Å². The lowest BCUT2D eigenvalue weighted by atomic mass is 10.4. The summed E-state index contributed by atoms with van der Waals surface area (Å²) in [4.78, 5) is 10.2. The van der Waals surface area contributed by atoms with E-state index < -0.39 is 0 Å². The molecule has 2 aromatic heterocycles. The van der Waals surface area contributed by atoms with Gasteiger partial charge in [-0.1, -0.05) is 11.8 Å². The molecule has 0 fully saturated rings. The summed E-state index contributed by atoms with van der Waals surface area (Å²) < 4.78 is 5.68. The smallest absolute Gasteiger partial charge is 0.144 e. The second-order valence-electron chi connectivity index (χ2n) is 2.85. The molecule has 0 aromatic carbocycles. The summed E-state index contributed by atoms with van der Waals surface area (Å²) in [6, 6.07) is 3.73. The highest BCUT2D eigenvalue weighted by atomic mass is 32.2. The van der Waals surface area contributed by atoms with Gasteiger partial charge in [0.2, 0.25) is 0 Å². The summed E-state index contributed by atoms with van der Waals surface area (Å²) in [6.07, 6.45) is 7.06. The van der Waals surface area contributed by atoms with Crippen molar-refractivity contribution in [1.82, 2.24) is 9.97 Å². The molecule has 0 spiro atoms. The van der Waals surface area contributed by atoms with Crippen LogP contribution in [0, 0.1) is 0 Å². The standard InChI is InChI=1S/C10H6N2OS/c1-3-11-5-9-7(1)13-8-2-4-12-6-10(8)14-9/h1-6H. The van der Waals surface area contributed by atoms with E-state index in [-0.39, 0.29) is 0 Å². The van der Waals surface area contributed by atoms with Gasteiger partial charge in [0.05, 0.1) is 9.79 Å². The highest BCUT2D eigenvalue weighted by Crippen LogP contribution is 2.45. The van der Waals surface area contributed by atoms with Gasteiger partial charge in [-0.25, -0.2) is 0 Å². The molecule has 0 radical (unpaired) electrons. The van der Waals surface area contributed by atoms with Crippen molar-refractivity contribution in [3.63, 3.8) is 0 Å². The number of fused-ring (bicyclic) bond motifs is 2. The van der Waals surface area contributed by atoms with Gasteiger partial charge in [-0.15, -0.1) is 0 Å². The molecule has 0 atom stereocenters. The number of aromatic nitrogens is 2. The fourth-order valence-electron chi connectivity index (χ4n) is 1.29. The first-order chi connectivity index (χ1) is 6.93. The number of pyridine rings is 2. The lowest BCUT2D eigenvalue weighted by Crippen LogP contribution is -1.95. The molecule has 0 amide bonds. The Hall–Kier alpha value is -1.55. The molecule has 1 aliphatic rings. The summed E-state index contributed by atoms with van der Waals surface area (Å²) in [7, 11) is 0. The Morgan fingerprint density at radius 1 is 0.929 bits per heavy atom. The van der Waals surface area contributed by atoms with Crippen LogP contribution in [0.3, 0.4) is 0 Å². The third-order valence-corrected chi connectivity index (χ3v) is 2.99. The zero-order valence-corrected chi connectivity index (χ0v) is 7.99. The monoisotopic (exact) mass is 202 g/mol. The van der Waals surface area contributed by atoms with E-state index in [4.69, 9.17) is 4.74 Å². The maximum atomic E-state index is 5.68. The van der Waals surface area contributed by atoms with E-state index in [1.54, 1.807) is 36.5 Å². The second kappa shape index (κ2) is 2.99. The number of hydrogen-bond acceptors (Lipinski definition) is 4. The summed E-state index contributed by atoms with van der Waals surface area (Å²) in [5.74, 6) is 1.73. The van der Waals surface area contributed by atoms with E-state index in [2.05, 4.69) is 9.97 Å². The van der Waals surface area contributed by atoms with Crippen molar-refractivity contribution in [2.75, 3.05) is 0 Å². The summed E-state index contributed by atoms with van der Waals surface area (Å²) >= 11 is 1.63. The summed E-state index contributed by atoms with van der Waals surface area (Å²) in [5, 5.41) is 0. The van der Waals surface area contributed by atoms with Crippen LogP contribution in [0.1, 0.15) is 0 Å². The molecule has 0 bridgehead atoms. The van der Waals surface area contributed by atoms with Crippen LogP contribution >= 0.6 is 11.8 Å². The van der Waals surface area contributed by atoms with E-state index in [1.807, 2.05) is 12.1 Å². The summed E-state index contributed by atoms with van der Waals surface area (Å²) in [6.45, 7) is 0. The quantitative estimate of drug-likeness (QED) is 0.561. The van der Waals surface area contributed by atoms with Gasteiger partial charge >= 0.3 is 0 Å². The van der Waals surface area contributed by atoms with Gasteiger partial charge in [0, 0.05) is 36.9 Å². The Morgan fingerprint density at radius 2 is 1.50 bits per heavy atom. The van der Waals surface area contributed by atoms with Crippen LogP contribution < -0.4 is 4.74 Å². The molecule has 0 saturated heterocycles. The molecule has 0 unspecified atom stereocenters. The normalized spacial score (nSPS) is 12.6. The van der Waals surface area contributed by atoms with E-state index >= 15 is 0 Å². The zero-order chi connectivity index (χ0) is 9.38. The molecule has 3 heterocycles. The Morgan fingerprint density at radius 3 is 2.07 bits per heavy atom. The first-order valence-electron chi connectivity index (χ1n) is 4.17. The van der Waals surface area contributed by atoms with Crippen LogP contribution in [0.5, 0.6) is 11.5 Å². The van der Waals surface area contributed by atoms with Gasteiger partial charge in [0.25, 0.3) is 0 Å². The molecule has 3 nitrogen and oxygen atoms in total. The first-order valence-corrected chi connectivity index (χ1v) is 4.99. The maximum absolute atomic E-state index is 5.68. The SMILES string of the molecule is c1cc2c(cn1)Sc1cnccc1O2. The van der Waals surface area contributed by atoms with Gasteiger partial charge in [0.15, 0.2) is 0 Å². The van der Waals surface area contributed by atoms with Crippen LogP contribution in [-0.4, -0.2) is 9.97 Å². The highest BCUT2D eigenvalue weighted by Gasteiger charge is 2.16. The summed E-state index contributed by atoms with van der Waals surface area (Å²) in [5.41, 5.74) is 0. The van der Waals surface area contributed by atoms with E-state index in [0.29, 0.717) is 0 Å². The molecular weight excluding hydrogens is 196 g/mol. The molecule has 0 N–H and O–H groups in total. The van der Waals surface area contributed by atoms with Crippen molar-refractivity contribution in [2.24, 2.45) is 0 Å². The average molecular weight is 202 g/mol. The second-order valence-corrected chi connectivity index (χ2v) is 3.93. The topological polar surface area (TPSA) is 35.0 Å². The lowest BCUT2D eigenvalue weighted by Gasteiger charge is -2.17. The fraction of sp³-hybridized carbons (Fsp3) is 0.